The Labute approximate surface area is 68.2 Å². The Hall–Kier alpha value is 0.110. The summed E-state index contributed by atoms with van der Waals surface area (Å²) in [5.74, 6) is -0.965. The fourth-order valence-electron chi connectivity index (χ4n) is 0. The molecule has 0 aliphatic carbocycles. The zero-order chi connectivity index (χ0) is 8.78. The minimum absolute atomic E-state index is 0.0833. The Balaban J connectivity index is 0. The molecular formula is C2H6O5S3. The quantitative estimate of drug-likeness (QED) is 0.439. The van der Waals surface area contributed by atoms with E-state index < -0.39 is 15.0 Å². The molecule has 0 atom stereocenters. The predicted octanol–water partition coefficient (Wildman–Crippen LogP) is -0.320. The first-order valence-electron chi connectivity index (χ1n) is 1.80. The molecule has 0 aliphatic heterocycles. The number of hydrogen-bond donors (Lipinski definition) is 4. The van der Waals surface area contributed by atoms with Crippen molar-refractivity contribution in [1.29, 1.82) is 0 Å². The lowest BCUT2D eigenvalue weighted by atomic mass is 10.8. The topological polar surface area (TPSA) is 94.8 Å². The van der Waals surface area contributed by atoms with Crippen LogP contribution in [0.25, 0.3) is 0 Å². The van der Waals surface area contributed by atoms with Crippen molar-refractivity contribution in [3.8, 4) is 0 Å². The zero-order valence-corrected chi connectivity index (χ0v) is 7.16. The van der Waals surface area contributed by atoms with E-state index in [2.05, 4.69) is 23.8 Å². The number of carbonyl (C=O) groups is 1. The van der Waals surface area contributed by atoms with Crippen molar-refractivity contribution in [2.45, 2.75) is 0 Å². The summed E-state index contributed by atoms with van der Waals surface area (Å²) in [4.78, 5) is 9.29. The number of carboxylic acids is 1. The third-order valence-electron chi connectivity index (χ3n) is 0.135. The Morgan fingerprint density at radius 3 is 1.70 bits per heavy atom. The number of thiol groups is 1. The van der Waals surface area contributed by atoms with Crippen molar-refractivity contribution in [3.63, 3.8) is 0 Å². The summed E-state index contributed by atoms with van der Waals surface area (Å²) in [5, 5.41) is 7.65. The van der Waals surface area contributed by atoms with Gasteiger partial charge in [-0.25, -0.2) is 0 Å². The summed E-state index contributed by atoms with van der Waals surface area (Å²) in [6.07, 6.45) is 0. The van der Waals surface area contributed by atoms with Crippen LogP contribution in [0.2, 0.25) is 0 Å². The van der Waals surface area contributed by atoms with E-state index in [-0.39, 0.29) is 5.75 Å². The second kappa shape index (κ2) is 5.86. The van der Waals surface area contributed by atoms with Crippen LogP contribution in [0.1, 0.15) is 0 Å². The van der Waals surface area contributed by atoms with Gasteiger partial charge in [-0.3, -0.25) is 13.9 Å². The SMILES string of the molecule is O=C(O)CS.O=S(O)(O)=S. The summed E-state index contributed by atoms with van der Waals surface area (Å²) in [6.45, 7) is 0. The van der Waals surface area contributed by atoms with Crippen LogP contribution in [-0.4, -0.2) is 30.1 Å². The lowest BCUT2D eigenvalue weighted by molar-refractivity contribution is -0.133. The smallest absolute Gasteiger partial charge is 0.313 e. The summed E-state index contributed by atoms with van der Waals surface area (Å²) < 4.78 is 24.0. The van der Waals surface area contributed by atoms with Gasteiger partial charge in [-0.1, -0.05) is 0 Å². The molecule has 0 aromatic carbocycles. The van der Waals surface area contributed by atoms with Crippen molar-refractivity contribution >= 4 is 38.8 Å². The zero-order valence-electron chi connectivity index (χ0n) is 4.63. The normalized spacial score (nSPS) is 9.50. The molecule has 0 saturated carbocycles. The lowest BCUT2D eigenvalue weighted by Crippen LogP contribution is -1.92. The second-order valence-electron chi connectivity index (χ2n) is 1.000. The molecular weight excluding hydrogens is 200 g/mol. The Kier molecular flexibility index (Phi) is 7.48. The molecule has 0 unspecified atom stereocenters. The van der Waals surface area contributed by atoms with Crippen molar-refractivity contribution in [2.75, 3.05) is 5.75 Å². The largest absolute Gasteiger partial charge is 0.481 e. The maximum atomic E-state index is 9.29. The average molecular weight is 206 g/mol. The highest BCUT2D eigenvalue weighted by Gasteiger charge is 1.81. The van der Waals surface area contributed by atoms with E-state index in [1.54, 1.807) is 0 Å². The van der Waals surface area contributed by atoms with Crippen LogP contribution < -0.4 is 0 Å². The Morgan fingerprint density at radius 2 is 1.70 bits per heavy atom. The molecule has 0 radical (unpaired) electrons. The van der Waals surface area contributed by atoms with Crippen molar-refractivity contribution in [1.82, 2.24) is 0 Å². The fourth-order valence-corrected chi connectivity index (χ4v) is 0. The van der Waals surface area contributed by atoms with E-state index in [1.165, 1.54) is 0 Å². The summed E-state index contributed by atoms with van der Waals surface area (Å²) in [5.41, 5.74) is 0. The van der Waals surface area contributed by atoms with Gasteiger partial charge in [-0.15, -0.1) is 0 Å². The Morgan fingerprint density at radius 1 is 1.60 bits per heavy atom. The van der Waals surface area contributed by atoms with Crippen molar-refractivity contribution in [3.05, 3.63) is 0 Å². The van der Waals surface area contributed by atoms with Gasteiger partial charge in [-0.05, 0) is 0 Å². The number of aliphatic carboxylic acids is 1. The highest BCUT2D eigenvalue weighted by atomic mass is 32.9. The van der Waals surface area contributed by atoms with Gasteiger partial charge in [0.2, 0.25) is 0 Å². The van der Waals surface area contributed by atoms with Crippen LogP contribution in [0.4, 0.5) is 0 Å². The summed E-state index contributed by atoms with van der Waals surface area (Å²) >= 11 is 6.88. The molecule has 10 heavy (non-hydrogen) atoms. The third-order valence-corrected chi connectivity index (χ3v) is 0.406. The van der Waals surface area contributed by atoms with Crippen molar-refractivity contribution < 1.29 is 23.2 Å². The lowest BCUT2D eigenvalue weighted by Gasteiger charge is -1.73. The van der Waals surface area contributed by atoms with E-state index in [4.69, 9.17) is 18.4 Å². The van der Waals surface area contributed by atoms with Gasteiger partial charge in [0, 0.05) is 11.2 Å². The van der Waals surface area contributed by atoms with Gasteiger partial charge in [-0.2, -0.15) is 16.8 Å². The molecule has 0 aliphatic rings. The van der Waals surface area contributed by atoms with Gasteiger partial charge >= 0.3 is 5.97 Å². The van der Waals surface area contributed by atoms with Crippen LogP contribution in [-0.2, 0) is 25.0 Å². The molecule has 0 aromatic heterocycles. The molecule has 0 heterocycles. The first-order chi connectivity index (χ1) is 4.27. The second-order valence-corrected chi connectivity index (χ2v) is 3.51. The first kappa shape index (κ1) is 12.8. The van der Waals surface area contributed by atoms with Crippen LogP contribution in [0.15, 0.2) is 0 Å². The minimum Gasteiger partial charge on any atom is -0.481 e. The molecule has 3 N–H and O–H groups in total. The monoisotopic (exact) mass is 206 g/mol. The number of rotatable bonds is 1. The minimum atomic E-state index is -3.83. The van der Waals surface area contributed by atoms with E-state index in [0.29, 0.717) is 0 Å². The molecule has 0 aromatic rings. The van der Waals surface area contributed by atoms with Gasteiger partial charge in [0.25, 0.3) is 9.05 Å². The van der Waals surface area contributed by atoms with Crippen molar-refractivity contribution in [2.24, 2.45) is 0 Å². The highest BCUT2D eigenvalue weighted by Crippen LogP contribution is 1.66. The van der Waals surface area contributed by atoms with Crippen LogP contribution in [0, 0.1) is 0 Å². The summed E-state index contributed by atoms with van der Waals surface area (Å²) in [7, 11) is -3.83. The maximum absolute atomic E-state index is 9.29. The van der Waals surface area contributed by atoms with Gasteiger partial charge in [0.05, 0.1) is 5.75 Å². The third kappa shape index (κ3) is 92.1. The molecule has 8 heteroatoms. The van der Waals surface area contributed by atoms with Gasteiger partial charge < -0.3 is 5.11 Å². The number of hydrogen-bond acceptors (Lipinski definition) is 4. The van der Waals surface area contributed by atoms with Crippen LogP contribution in [0.5, 0.6) is 0 Å². The molecule has 0 fully saturated rings. The van der Waals surface area contributed by atoms with E-state index in [1.807, 2.05) is 0 Å². The molecule has 0 bridgehead atoms. The molecule has 0 spiro atoms. The van der Waals surface area contributed by atoms with E-state index >= 15 is 0 Å². The van der Waals surface area contributed by atoms with Crippen LogP contribution in [0.3, 0.4) is 0 Å². The Bertz CT molecular complexity index is 173. The molecule has 0 amide bonds. The molecule has 0 rings (SSSR count). The average Bonchev–Trinajstić information content (AvgIpc) is 1.61. The van der Waals surface area contributed by atoms with E-state index in [9.17, 15) is 4.79 Å². The fraction of sp³-hybridized carbons (Fsp3) is 0.500. The standard InChI is InChI=1S/C2H4O2S.H2O3S2/c3-2(4)1-5;1-5(2,3)4/h5H,1H2,(H,3,4);(H2,1,2,3,4). The predicted molar refractivity (Wildman–Crippen MR) is 42.3 cm³/mol. The van der Waals surface area contributed by atoms with Gasteiger partial charge in [0.15, 0.2) is 0 Å². The number of carboxylic acid groups (broad SMARTS) is 1. The highest BCUT2D eigenvalue weighted by molar-refractivity contribution is 8.26. The molecule has 5 nitrogen and oxygen atoms in total. The van der Waals surface area contributed by atoms with Gasteiger partial charge in [0.1, 0.15) is 0 Å². The molecule has 0 saturated heterocycles. The molecule has 62 valence electrons. The maximum Gasteiger partial charge on any atom is 0.313 e. The van der Waals surface area contributed by atoms with E-state index in [0.717, 1.165) is 0 Å². The first-order valence-corrected chi connectivity index (χ1v) is 4.83. The van der Waals surface area contributed by atoms with Crippen LogP contribution >= 0.6 is 12.6 Å². The summed E-state index contributed by atoms with van der Waals surface area (Å²) in [6, 6.07) is 0.